The number of rotatable bonds is 8. The summed E-state index contributed by atoms with van der Waals surface area (Å²) in [6, 6.07) is 6.72. The molecule has 2 aromatic rings. The van der Waals surface area contributed by atoms with E-state index in [0.717, 1.165) is 11.2 Å². The van der Waals surface area contributed by atoms with Gasteiger partial charge in [0.15, 0.2) is 9.84 Å². The molecule has 0 saturated heterocycles. The van der Waals surface area contributed by atoms with Crippen LogP contribution < -0.4 is 0 Å². The van der Waals surface area contributed by atoms with E-state index in [0.29, 0.717) is 23.9 Å². The molecule has 0 aliphatic carbocycles. The first-order valence-electron chi connectivity index (χ1n) is 8.46. The first kappa shape index (κ1) is 21.2. The maximum absolute atomic E-state index is 12.8. The van der Waals surface area contributed by atoms with Crippen LogP contribution in [0.5, 0.6) is 0 Å². The second-order valence-electron chi connectivity index (χ2n) is 6.46. The summed E-state index contributed by atoms with van der Waals surface area (Å²) in [5, 5.41) is 0. The molecule has 1 amide bonds. The first-order chi connectivity index (χ1) is 12.5. The summed E-state index contributed by atoms with van der Waals surface area (Å²) in [4.78, 5) is 17.6. The third kappa shape index (κ3) is 6.23. The molecule has 1 aromatic carbocycles. The quantitative estimate of drug-likeness (QED) is 0.677. The molecule has 6 nitrogen and oxygen atoms in total. The van der Waals surface area contributed by atoms with Gasteiger partial charge < -0.3 is 9.47 Å². The highest BCUT2D eigenvalue weighted by atomic mass is 32.2. The number of aromatic nitrogens is 2. The largest absolute Gasteiger partial charge is 0.406 e. The van der Waals surface area contributed by atoms with Crippen LogP contribution in [0.2, 0.25) is 0 Å². The van der Waals surface area contributed by atoms with Gasteiger partial charge in [0.1, 0.15) is 24.7 Å². The standard InChI is InChI=1S/C17H22F3N3O3S/c1-3-4-9-22(12-17(18,19)20)16(24)10-23-14-8-6-5-7-13(14)21-15(23)11-27(2,25)26/h5-8H,3-4,9-12H2,1-2H3. The highest BCUT2D eigenvalue weighted by Gasteiger charge is 2.33. The Balaban J connectivity index is 2.36. The first-order valence-corrected chi connectivity index (χ1v) is 10.5. The fourth-order valence-corrected chi connectivity index (χ4v) is 3.43. The molecule has 0 aliphatic heterocycles. The molecule has 0 radical (unpaired) electrons. The van der Waals surface area contributed by atoms with E-state index in [1.165, 1.54) is 4.57 Å². The molecule has 0 N–H and O–H groups in total. The number of para-hydroxylation sites is 2. The Bertz CT molecular complexity index is 907. The predicted octanol–water partition coefficient (Wildman–Crippen LogP) is 2.77. The lowest BCUT2D eigenvalue weighted by molar-refractivity contribution is -0.161. The van der Waals surface area contributed by atoms with Crippen molar-refractivity contribution in [3.63, 3.8) is 0 Å². The van der Waals surface area contributed by atoms with Gasteiger partial charge in [-0.15, -0.1) is 0 Å². The third-order valence-electron chi connectivity index (χ3n) is 3.92. The van der Waals surface area contributed by atoms with Gasteiger partial charge in [0, 0.05) is 12.8 Å². The van der Waals surface area contributed by atoms with E-state index in [1.54, 1.807) is 24.3 Å². The SMILES string of the molecule is CCCCN(CC(F)(F)F)C(=O)Cn1c(CS(C)(=O)=O)nc2ccccc21. The van der Waals surface area contributed by atoms with Gasteiger partial charge in [0.25, 0.3) is 0 Å². The van der Waals surface area contributed by atoms with Crippen molar-refractivity contribution < 1.29 is 26.4 Å². The minimum absolute atomic E-state index is 0.0110. The highest BCUT2D eigenvalue weighted by molar-refractivity contribution is 7.89. The Hall–Kier alpha value is -2.10. The molecule has 0 bridgehead atoms. The van der Waals surface area contributed by atoms with Crippen LogP contribution in [-0.2, 0) is 26.9 Å². The average Bonchev–Trinajstić information content (AvgIpc) is 2.86. The van der Waals surface area contributed by atoms with E-state index in [1.807, 2.05) is 6.92 Å². The van der Waals surface area contributed by atoms with Gasteiger partial charge in [-0.3, -0.25) is 4.79 Å². The lowest BCUT2D eigenvalue weighted by atomic mass is 10.3. The fourth-order valence-electron chi connectivity index (χ4n) is 2.74. The Morgan fingerprint density at radius 1 is 1.26 bits per heavy atom. The molecule has 1 heterocycles. The lowest BCUT2D eigenvalue weighted by Crippen LogP contribution is -2.41. The second-order valence-corrected chi connectivity index (χ2v) is 8.60. The molecule has 10 heteroatoms. The van der Waals surface area contributed by atoms with Crippen LogP contribution in [-0.4, -0.2) is 54.3 Å². The number of hydrogen-bond donors (Lipinski definition) is 0. The second kappa shape index (κ2) is 8.28. The minimum Gasteiger partial charge on any atom is -0.332 e. The van der Waals surface area contributed by atoms with E-state index in [4.69, 9.17) is 0 Å². The van der Waals surface area contributed by atoms with Crippen molar-refractivity contribution in [1.82, 2.24) is 14.5 Å². The summed E-state index contributed by atoms with van der Waals surface area (Å²) in [5.74, 6) is -0.989. The van der Waals surface area contributed by atoms with Crippen molar-refractivity contribution in [2.75, 3.05) is 19.3 Å². The molecule has 0 unspecified atom stereocenters. The van der Waals surface area contributed by atoms with E-state index < -0.39 is 40.8 Å². The Labute approximate surface area is 155 Å². The van der Waals surface area contributed by atoms with Gasteiger partial charge in [-0.05, 0) is 18.6 Å². The van der Waals surface area contributed by atoms with Crippen LogP contribution in [0.4, 0.5) is 13.2 Å². The zero-order valence-corrected chi connectivity index (χ0v) is 16.0. The molecule has 0 aliphatic rings. The van der Waals surface area contributed by atoms with Crippen LogP contribution in [0.3, 0.4) is 0 Å². The van der Waals surface area contributed by atoms with Gasteiger partial charge in [-0.1, -0.05) is 25.5 Å². The molecule has 150 valence electrons. The topological polar surface area (TPSA) is 72.3 Å². The molecule has 0 saturated carbocycles. The smallest absolute Gasteiger partial charge is 0.332 e. The van der Waals surface area contributed by atoms with Crippen LogP contribution >= 0.6 is 0 Å². The van der Waals surface area contributed by atoms with E-state index in [9.17, 15) is 26.4 Å². The zero-order valence-electron chi connectivity index (χ0n) is 15.2. The Morgan fingerprint density at radius 3 is 2.52 bits per heavy atom. The molecule has 27 heavy (non-hydrogen) atoms. The monoisotopic (exact) mass is 405 g/mol. The van der Waals surface area contributed by atoms with Crippen LogP contribution in [0.25, 0.3) is 11.0 Å². The molecule has 1 aromatic heterocycles. The Kier molecular flexibility index (Phi) is 6.50. The third-order valence-corrected chi connectivity index (χ3v) is 4.71. The number of sulfone groups is 1. The number of fused-ring (bicyclic) bond motifs is 1. The van der Waals surface area contributed by atoms with Crippen LogP contribution in [0, 0.1) is 0 Å². The normalized spacial score (nSPS) is 12.5. The summed E-state index contributed by atoms with van der Waals surface area (Å²) in [6.45, 7) is 0.0811. The molecular formula is C17H22F3N3O3S. The van der Waals surface area contributed by atoms with E-state index >= 15 is 0 Å². The molecule has 0 fully saturated rings. The van der Waals surface area contributed by atoms with Gasteiger partial charge in [-0.2, -0.15) is 13.2 Å². The number of nitrogens with zero attached hydrogens (tertiary/aromatic N) is 3. The van der Waals surface area contributed by atoms with Gasteiger partial charge in [-0.25, -0.2) is 13.4 Å². The van der Waals surface area contributed by atoms with Crippen molar-refractivity contribution in [3.05, 3.63) is 30.1 Å². The molecule has 0 spiro atoms. The number of carbonyl (C=O) groups excluding carboxylic acids is 1. The Morgan fingerprint density at radius 2 is 1.93 bits per heavy atom. The number of carbonyl (C=O) groups is 1. The van der Waals surface area contributed by atoms with Gasteiger partial charge in [0.2, 0.25) is 5.91 Å². The van der Waals surface area contributed by atoms with Crippen molar-refractivity contribution in [2.24, 2.45) is 0 Å². The average molecular weight is 405 g/mol. The van der Waals surface area contributed by atoms with Crippen LogP contribution in [0.15, 0.2) is 24.3 Å². The fraction of sp³-hybridized carbons (Fsp3) is 0.529. The number of hydrogen-bond acceptors (Lipinski definition) is 4. The zero-order chi connectivity index (χ0) is 20.2. The van der Waals surface area contributed by atoms with Crippen molar-refractivity contribution in [1.29, 1.82) is 0 Å². The molecular weight excluding hydrogens is 383 g/mol. The van der Waals surface area contributed by atoms with Crippen LogP contribution in [0.1, 0.15) is 25.6 Å². The number of imidazole rings is 1. The lowest BCUT2D eigenvalue weighted by Gasteiger charge is -2.24. The molecule has 0 atom stereocenters. The summed E-state index contributed by atoms with van der Waals surface area (Å²) < 4.78 is 63.2. The number of unbranched alkanes of at least 4 members (excludes halogenated alkanes) is 1. The number of amides is 1. The highest BCUT2D eigenvalue weighted by Crippen LogP contribution is 2.20. The van der Waals surface area contributed by atoms with Crippen molar-refractivity contribution >= 4 is 26.8 Å². The predicted molar refractivity (Wildman–Crippen MR) is 95.8 cm³/mol. The molecule has 2 rings (SSSR count). The summed E-state index contributed by atoms with van der Waals surface area (Å²) in [6.07, 6.45) is -2.37. The maximum atomic E-state index is 12.8. The van der Waals surface area contributed by atoms with Gasteiger partial charge in [0.05, 0.1) is 11.0 Å². The summed E-state index contributed by atoms with van der Waals surface area (Å²) in [7, 11) is -3.43. The summed E-state index contributed by atoms with van der Waals surface area (Å²) in [5.41, 5.74) is 0.992. The number of alkyl halides is 3. The number of halogens is 3. The van der Waals surface area contributed by atoms with E-state index in [2.05, 4.69) is 4.98 Å². The number of benzene rings is 1. The van der Waals surface area contributed by atoms with Gasteiger partial charge >= 0.3 is 6.18 Å². The maximum Gasteiger partial charge on any atom is 0.406 e. The van der Waals surface area contributed by atoms with E-state index in [-0.39, 0.29) is 12.4 Å². The minimum atomic E-state index is -4.50. The van der Waals surface area contributed by atoms with Crippen molar-refractivity contribution in [3.8, 4) is 0 Å². The van der Waals surface area contributed by atoms with Crippen molar-refractivity contribution in [2.45, 2.75) is 38.2 Å². The summed E-state index contributed by atoms with van der Waals surface area (Å²) >= 11 is 0.